The molecule has 102 valence electrons. The summed E-state index contributed by atoms with van der Waals surface area (Å²) in [5.41, 5.74) is 0.547. The lowest BCUT2D eigenvalue weighted by molar-refractivity contribution is 0.0921. The number of nitrogens with one attached hydrogen (secondary N) is 2. The highest BCUT2D eigenvalue weighted by molar-refractivity contribution is 5.94. The number of carbonyl (C=O) groups is 1. The molecule has 1 aromatic heterocycles. The Morgan fingerprint density at radius 2 is 2.28 bits per heavy atom. The number of hydrogen-bond acceptors (Lipinski definition) is 4. The van der Waals surface area contributed by atoms with E-state index in [1.807, 2.05) is 0 Å². The summed E-state index contributed by atoms with van der Waals surface area (Å²) in [4.78, 5) is 15.7. The first kappa shape index (κ1) is 17.1. The van der Waals surface area contributed by atoms with Crippen LogP contribution in [0.3, 0.4) is 0 Å². The molecule has 18 heavy (non-hydrogen) atoms. The quantitative estimate of drug-likeness (QED) is 0.746. The van der Waals surface area contributed by atoms with Crippen molar-refractivity contribution in [3.05, 3.63) is 30.1 Å². The standard InChI is InChI=1S/C11H15N3O2.2ClH/c15-7-9-5-13-6-10(9)14-11(16)8-2-1-3-12-4-8;;/h1-4,9-10,13,15H,5-7H2,(H,14,16);2*1H. The lowest BCUT2D eigenvalue weighted by Crippen LogP contribution is -2.41. The van der Waals surface area contributed by atoms with E-state index in [9.17, 15) is 4.79 Å². The number of rotatable bonds is 3. The van der Waals surface area contributed by atoms with E-state index in [1.54, 1.807) is 18.3 Å². The van der Waals surface area contributed by atoms with E-state index >= 15 is 0 Å². The molecular weight excluding hydrogens is 277 g/mol. The van der Waals surface area contributed by atoms with Gasteiger partial charge in [-0.15, -0.1) is 24.8 Å². The normalized spacial score (nSPS) is 21.6. The van der Waals surface area contributed by atoms with Crippen molar-refractivity contribution >= 4 is 30.7 Å². The summed E-state index contributed by atoms with van der Waals surface area (Å²) in [6.07, 6.45) is 3.16. The SMILES string of the molecule is Cl.Cl.O=C(NC1CNCC1CO)c1cccnc1. The molecule has 0 radical (unpaired) electrons. The number of pyridine rings is 1. The van der Waals surface area contributed by atoms with Crippen molar-refractivity contribution in [2.45, 2.75) is 6.04 Å². The van der Waals surface area contributed by atoms with Gasteiger partial charge in [0.05, 0.1) is 5.56 Å². The van der Waals surface area contributed by atoms with E-state index in [0.717, 1.165) is 6.54 Å². The van der Waals surface area contributed by atoms with E-state index in [2.05, 4.69) is 15.6 Å². The maximum absolute atomic E-state index is 11.8. The summed E-state index contributed by atoms with van der Waals surface area (Å²) in [6.45, 7) is 1.54. The minimum absolute atomic E-state index is 0. The Bertz CT molecular complexity index is 365. The number of aromatic nitrogens is 1. The summed E-state index contributed by atoms with van der Waals surface area (Å²) in [5, 5.41) is 15.2. The molecule has 7 heteroatoms. The Balaban J connectivity index is 0.00000144. The van der Waals surface area contributed by atoms with Gasteiger partial charge in [0.2, 0.25) is 0 Å². The van der Waals surface area contributed by atoms with Crippen LogP contribution in [-0.4, -0.2) is 41.7 Å². The monoisotopic (exact) mass is 293 g/mol. The van der Waals surface area contributed by atoms with Gasteiger partial charge in [-0.05, 0) is 12.1 Å². The third-order valence-corrected chi connectivity index (χ3v) is 2.81. The first-order valence-electron chi connectivity index (χ1n) is 5.33. The van der Waals surface area contributed by atoms with Crippen LogP contribution in [0.1, 0.15) is 10.4 Å². The van der Waals surface area contributed by atoms with Crippen LogP contribution in [-0.2, 0) is 0 Å². The molecule has 1 aliphatic heterocycles. The third-order valence-electron chi connectivity index (χ3n) is 2.81. The van der Waals surface area contributed by atoms with Crippen LogP contribution in [0.4, 0.5) is 0 Å². The second kappa shape index (κ2) is 8.26. The summed E-state index contributed by atoms with van der Waals surface area (Å²) in [5.74, 6) is -0.0409. The zero-order valence-electron chi connectivity index (χ0n) is 9.70. The summed E-state index contributed by atoms with van der Waals surface area (Å²) < 4.78 is 0. The highest BCUT2D eigenvalue weighted by Gasteiger charge is 2.27. The van der Waals surface area contributed by atoms with Crippen LogP contribution in [0.5, 0.6) is 0 Å². The molecule has 0 saturated carbocycles. The van der Waals surface area contributed by atoms with Crippen LogP contribution in [0.15, 0.2) is 24.5 Å². The predicted molar refractivity (Wildman–Crippen MR) is 73.4 cm³/mol. The second-order valence-corrected chi connectivity index (χ2v) is 3.92. The van der Waals surface area contributed by atoms with Gasteiger partial charge in [0.15, 0.2) is 0 Å². The van der Waals surface area contributed by atoms with Gasteiger partial charge in [0, 0.05) is 44.0 Å². The van der Waals surface area contributed by atoms with Crippen molar-refractivity contribution in [3.63, 3.8) is 0 Å². The Hall–Kier alpha value is -0.880. The summed E-state index contributed by atoms with van der Waals surface area (Å²) in [7, 11) is 0. The summed E-state index contributed by atoms with van der Waals surface area (Å²) >= 11 is 0. The molecule has 2 heterocycles. The molecule has 1 amide bonds. The van der Waals surface area contributed by atoms with Gasteiger partial charge in [-0.25, -0.2) is 0 Å². The molecule has 1 aromatic rings. The topological polar surface area (TPSA) is 74.2 Å². The smallest absolute Gasteiger partial charge is 0.253 e. The number of aliphatic hydroxyl groups excluding tert-OH is 1. The molecule has 0 aliphatic carbocycles. The Kier molecular flexibility index (Phi) is 7.86. The lowest BCUT2D eigenvalue weighted by Gasteiger charge is -2.17. The Morgan fingerprint density at radius 1 is 1.50 bits per heavy atom. The average Bonchev–Trinajstić information content (AvgIpc) is 2.77. The molecule has 5 nitrogen and oxygen atoms in total. The van der Waals surface area contributed by atoms with Crippen LogP contribution in [0, 0.1) is 5.92 Å². The molecule has 2 unspecified atom stereocenters. The number of aliphatic hydroxyl groups is 1. The van der Waals surface area contributed by atoms with Gasteiger partial charge >= 0.3 is 0 Å². The van der Waals surface area contributed by atoms with E-state index in [1.165, 1.54) is 6.20 Å². The molecule has 0 spiro atoms. The average molecular weight is 294 g/mol. The Morgan fingerprint density at radius 3 is 2.89 bits per heavy atom. The van der Waals surface area contributed by atoms with E-state index in [4.69, 9.17) is 5.11 Å². The molecule has 2 rings (SSSR count). The van der Waals surface area contributed by atoms with Crippen molar-refractivity contribution in [2.75, 3.05) is 19.7 Å². The van der Waals surface area contributed by atoms with Crippen LogP contribution >= 0.6 is 24.8 Å². The number of halogens is 2. The van der Waals surface area contributed by atoms with Gasteiger partial charge in [-0.1, -0.05) is 0 Å². The molecule has 0 bridgehead atoms. The van der Waals surface area contributed by atoms with Crippen LogP contribution in [0.25, 0.3) is 0 Å². The van der Waals surface area contributed by atoms with Crippen molar-refractivity contribution in [3.8, 4) is 0 Å². The highest BCUT2D eigenvalue weighted by Crippen LogP contribution is 2.08. The Labute approximate surface area is 118 Å². The molecule has 3 N–H and O–H groups in total. The van der Waals surface area contributed by atoms with Crippen LogP contribution in [0.2, 0.25) is 0 Å². The number of hydrogen-bond donors (Lipinski definition) is 3. The van der Waals surface area contributed by atoms with Gasteiger partial charge in [-0.2, -0.15) is 0 Å². The number of carbonyl (C=O) groups excluding carboxylic acids is 1. The third kappa shape index (κ3) is 4.10. The maximum atomic E-state index is 11.8. The van der Waals surface area contributed by atoms with E-state index in [0.29, 0.717) is 12.1 Å². The lowest BCUT2D eigenvalue weighted by atomic mass is 10.0. The van der Waals surface area contributed by atoms with E-state index < -0.39 is 0 Å². The maximum Gasteiger partial charge on any atom is 0.253 e. The minimum atomic E-state index is -0.139. The van der Waals surface area contributed by atoms with Gasteiger partial charge < -0.3 is 15.7 Å². The molecular formula is C11H17Cl2N3O2. The molecule has 1 saturated heterocycles. The molecule has 1 fully saturated rings. The predicted octanol–water partition coefficient (Wildman–Crippen LogP) is 0.235. The fourth-order valence-corrected chi connectivity index (χ4v) is 1.84. The zero-order valence-corrected chi connectivity index (χ0v) is 11.3. The van der Waals surface area contributed by atoms with Crippen molar-refractivity contribution < 1.29 is 9.90 Å². The van der Waals surface area contributed by atoms with Gasteiger partial charge in [-0.3, -0.25) is 9.78 Å². The molecule has 2 atom stereocenters. The van der Waals surface area contributed by atoms with Crippen LogP contribution < -0.4 is 10.6 Å². The number of amides is 1. The van der Waals surface area contributed by atoms with Gasteiger partial charge in [0.25, 0.3) is 5.91 Å². The highest BCUT2D eigenvalue weighted by atomic mass is 35.5. The van der Waals surface area contributed by atoms with E-state index in [-0.39, 0.29) is 49.3 Å². The first-order chi connectivity index (χ1) is 7.81. The van der Waals surface area contributed by atoms with Crippen molar-refractivity contribution in [2.24, 2.45) is 5.92 Å². The fraction of sp³-hybridized carbons (Fsp3) is 0.455. The zero-order chi connectivity index (χ0) is 11.4. The summed E-state index contributed by atoms with van der Waals surface area (Å²) in [6, 6.07) is 3.45. The molecule has 1 aliphatic rings. The number of nitrogens with zero attached hydrogens (tertiary/aromatic N) is 1. The fourth-order valence-electron chi connectivity index (χ4n) is 1.84. The second-order valence-electron chi connectivity index (χ2n) is 3.92. The van der Waals surface area contributed by atoms with Crippen molar-refractivity contribution in [1.29, 1.82) is 0 Å². The van der Waals surface area contributed by atoms with Crippen molar-refractivity contribution in [1.82, 2.24) is 15.6 Å². The largest absolute Gasteiger partial charge is 0.396 e. The van der Waals surface area contributed by atoms with Gasteiger partial charge in [0.1, 0.15) is 0 Å². The minimum Gasteiger partial charge on any atom is -0.396 e. The molecule has 0 aromatic carbocycles. The first-order valence-corrected chi connectivity index (χ1v) is 5.33.